The predicted octanol–water partition coefficient (Wildman–Crippen LogP) is 2.79. The standard InChI is InChI=1S/C14H17N3O3/c15-10-6-9-11(7-12(10)17(19)20)16-14(18)13(9)8-4-2-1-3-5-8/h6-8,13H,1-5,15H2,(H,16,18). The molecule has 0 radical (unpaired) electrons. The Bertz CT molecular complexity index is 579. The maximum atomic E-state index is 12.2. The number of benzene rings is 1. The average Bonchev–Trinajstić information content (AvgIpc) is 2.73. The van der Waals surface area contributed by atoms with E-state index < -0.39 is 4.92 Å². The lowest BCUT2D eigenvalue weighted by Crippen LogP contribution is -2.22. The quantitative estimate of drug-likeness (QED) is 0.492. The molecule has 2 aliphatic rings. The molecule has 106 valence electrons. The van der Waals surface area contributed by atoms with Gasteiger partial charge in [-0.05, 0) is 30.4 Å². The van der Waals surface area contributed by atoms with E-state index in [-0.39, 0.29) is 23.2 Å². The average molecular weight is 275 g/mol. The van der Waals surface area contributed by atoms with Crippen LogP contribution >= 0.6 is 0 Å². The minimum absolute atomic E-state index is 0.0493. The summed E-state index contributed by atoms with van der Waals surface area (Å²) >= 11 is 0. The van der Waals surface area contributed by atoms with Crippen molar-refractivity contribution >= 4 is 23.0 Å². The van der Waals surface area contributed by atoms with Crippen molar-refractivity contribution in [1.29, 1.82) is 0 Å². The van der Waals surface area contributed by atoms with Crippen LogP contribution in [0.5, 0.6) is 0 Å². The predicted molar refractivity (Wildman–Crippen MR) is 75.5 cm³/mol. The number of nitrogens with two attached hydrogens (primary N) is 1. The van der Waals surface area contributed by atoms with E-state index in [1.54, 1.807) is 6.07 Å². The van der Waals surface area contributed by atoms with Gasteiger partial charge < -0.3 is 11.1 Å². The molecular formula is C14H17N3O3. The molecule has 6 nitrogen and oxygen atoms in total. The van der Waals surface area contributed by atoms with E-state index in [4.69, 9.17) is 5.73 Å². The van der Waals surface area contributed by atoms with Crippen LogP contribution < -0.4 is 11.1 Å². The van der Waals surface area contributed by atoms with Gasteiger partial charge >= 0.3 is 0 Å². The van der Waals surface area contributed by atoms with Crippen LogP contribution in [0.25, 0.3) is 0 Å². The van der Waals surface area contributed by atoms with Gasteiger partial charge in [0, 0.05) is 6.07 Å². The lowest BCUT2D eigenvalue weighted by Gasteiger charge is -2.26. The summed E-state index contributed by atoms with van der Waals surface area (Å²) in [5.41, 5.74) is 7.11. The molecule has 1 atom stereocenters. The molecule has 1 aromatic rings. The van der Waals surface area contributed by atoms with Crippen LogP contribution in [0.2, 0.25) is 0 Å². The maximum Gasteiger partial charge on any atom is 0.294 e. The molecule has 1 aromatic carbocycles. The number of hydrogen-bond acceptors (Lipinski definition) is 4. The third-order valence-corrected chi connectivity index (χ3v) is 4.39. The second-order valence-corrected chi connectivity index (χ2v) is 5.62. The molecule has 1 aliphatic heterocycles. The fourth-order valence-corrected chi connectivity index (χ4v) is 3.43. The minimum Gasteiger partial charge on any atom is -0.393 e. The molecule has 3 N–H and O–H groups in total. The SMILES string of the molecule is Nc1cc2c(cc1[N+](=O)[O-])NC(=O)C2C1CCCCC1. The van der Waals surface area contributed by atoms with Gasteiger partial charge in [0.05, 0.1) is 16.5 Å². The molecule has 3 rings (SSSR count). The number of rotatable bonds is 2. The van der Waals surface area contributed by atoms with E-state index in [1.165, 1.54) is 12.5 Å². The number of amides is 1. The number of carbonyl (C=O) groups excluding carboxylic acids is 1. The van der Waals surface area contributed by atoms with Crippen LogP contribution in [0, 0.1) is 16.0 Å². The summed E-state index contributed by atoms with van der Waals surface area (Å²) in [5, 5.41) is 13.7. The number of nitrogens with one attached hydrogen (secondary N) is 1. The van der Waals surface area contributed by atoms with Crippen molar-refractivity contribution in [2.24, 2.45) is 5.92 Å². The van der Waals surface area contributed by atoms with Crippen molar-refractivity contribution < 1.29 is 9.72 Å². The number of nitro benzene ring substituents is 1. The van der Waals surface area contributed by atoms with Crippen molar-refractivity contribution in [3.8, 4) is 0 Å². The Labute approximate surface area is 116 Å². The smallest absolute Gasteiger partial charge is 0.294 e. The summed E-state index contributed by atoms with van der Waals surface area (Å²) in [5.74, 6) is 0.0751. The Balaban J connectivity index is 1.99. The molecule has 0 bridgehead atoms. The van der Waals surface area contributed by atoms with Gasteiger partial charge in [-0.2, -0.15) is 0 Å². The first-order valence-corrected chi connectivity index (χ1v) is 6.96. The molecule has 0 spiro atoms. The summed E-state index contributed by atoms with van der Waals surface area (Å²) in [6, 6.07) is 2.98. The zero-order valence-electron chi connectivity index (χ0n) is 11.1. The van der Waals surface area contributed by atoms with Crippen molar-refractivity contribution in [3.63, 3.8) is 0 Å². The Morgan fingerprint density at radius 3 is 2.60 bits per heavy atom. The summed E-state index contributed by atoms with van der Waals surface area (Å²) in [4.78, 5) is 22.6. The van der Waals surface area contributed by atoms with Crippen molar-refractivity contribution in [2.75, 3.05) is 11.1 Å². The molecule has 0 saturated heterocycles. The summed E-state index contributed by atoms with van der Waals surface area (Å²) in [6.45, 7) is 0. The number of fused-ring (bicyclic) bond motifs is 1. The molecule has 6 heteroatoms. The van der Waals surface area contributed by atoms with Crippen molar-refractivity contribution in [2.45, 2.75) is 38.0 Å². The monoisotopic (exact) mass is 275 g/mol. The number of nitrogen functional groups attached to an aromatic ring is 1. The van der Waals surface area contributed by atoms with Gasteiger partial charge in [0.2, 0.25) is 5.91 Å². The summed E-state index contributed by atoms with van der Waals surface area (Å²) < 4.78 is 0. The van der Waals surface area contributed by atoms with Gasteiger partial charge in [0.25, 0.3) is 5.69 Å². The molecule has 1 aliphatic carbocycles. The van der Waals surface area contributed by atoms with E-state index >= 15 is 0 Å². The maximum absolute atomic E-state index is 12.2. The van der Waals surface area contributed by atoms with Crippen molar-refractivity contribution in [1.82, 2.24) is 0 Å². The number of nitrogens with zero attached hydrogens (tertiary/aromatic N) is 1. The van der Waals surface area contributed by atoms with Crippen LogP contribution in [0.4, 0.5) is 17.1 Å². The molecule has 1 heterocycles. The van der Waals surface area contributed by atoms with Gasteiger partial charge in [-0.1, -0.05) is 19.3 Å². The number of carbonyl (C=O) groups is 1. The van der Waals surface area contributed by atoms with E-state index in [1.807, 2.05) is 0 Å². The van der Waals surface area contributed by atoms with Crippen LogP contribution in [0.3, 0.4) is 0 Å². The Morgan fingerprint density at radius 2 is 1.95 bits per heavy atom. The van der Waals surface area contributed by atoms with Crippen molar-refractivity contribution in [3.05, 3.63) is 27.8 Å². The number of nitro groups is 1. The zero-order valence-corrected chi connectivity index (χ0v) is 11.1. The second kappa shape index (κ2) is 4.77. The normalized spacial score (nSPS) is 22.4. The van der Waals surface area contributed by atoms with E-state index in [0.717, 1.165) is 31.2 Å². The highest BCUT2D eigenvalue weighted by Gasteiger charge is 2.38. The highest BCUT2D eigenvalue weighted by atomic mass is 16.6. The van der Waals surface area contributed by atoms with Gasteiger partial charge in [0.15, 0.2) is 0 Å². The van der Waals surface area contributed by atoms with Gasteiger partial charge in [-0.3, -0.25) is 14.9 Å². The first-order chi connectivity index (χ1) is 9.58. The second-order valence-electron chi connectivity index (χ2n) is 5.62. The summed E-state index contributed by atoms with van der Waals surface area (Å²) in [6.07, 6.45) is 5.58. The number of hydrogen-bond donors (Lipinski definition) is 2. The van der Waals surface area contributed by atoms with Crippen LogP contribution in [-0.4, -0.2) is 10.8 Å². The van der Waals surface area contributed by atoms with E-state index in [2.05, 4.69) is 5.32 Å². The molecule has 1 amide bonds. The Kier molecular flexibility index (Phi) is 3.08. The lowest BCUT2D eigenvalue weighted by atomic mass is 9.77. The topological polar surface area (TPSA) is 98.3 Å². The van der Waals surface area contributed by atoms with Gasteiger partial charge in [-0.15, -0.1) is 0 Å². The highest BCUT2D eigenvalue weighted by Crippen LogP contribution is 2.45. The van der Waals surface area contributed by atoms with E-state index in [0.29, 0.717) is 11.6 Å². The molecular weight excluding hydrogens is 258 g/mol. The van der Waals surface area contributed by atoms with Gasteiger partial charge in [0.1, 0.15) is 5.69 Å². The zero-order chi connectivity index (χ0) is 14.3. The number of anilines is 2. The molecule has 1 fully saturated rings. The Morgan fingerprint density at radius 1 is 1.25 bits per heavy atom. The summed E-state index contributed by atoms with van der Waals surface area (Å²) in [7, 11) is 0. The highest BCUT2D eigenvalue weighted by molar-refractivity contribution is 6.04. The minimum atomic E-state index is -0.518. The van der Waals surface area contributed by atoms with Crippen LogP contribution in [-0.2, 0) is 4.79 Å². The largest absolute Gasteiger partial charge is 0.393 e. The van der Waals surface area contributed by atoms with E-state index in [9.17, 15) is 14.9 Å². The van der Waals surface area contributed by atoms with Gasteiger partial charge in [-0.25, -0.2) is 0 Å². The third kappa shape index (κ3) is 2.01. The lowest BCUT2D eigenvalue weighted by molar-refractivity contribution is -0.383. The fraction of sp³-hybridized carbons (Fsp3) is 0.500. The molecule has 1 saturated carbocycles. The molecule has 1 unspecified atom stereocenters. The van der Waals surface area contributed by atoms with Crippen LogP contribution in [0.15, 0.2) is 12.1 Å². The Hall–Kier alpha value is -2.11. The van der Waals surface area contributed by atoms with Crippen LogP contribution in [0.1, 0.15) is 43.6 Å². The first kappa shape index (κ1) is 12.9. The third-order valence-electron chi connectivity index (χ3n) is 4.39. The molecule has 20 heavy (non-hydrogen) atoms. The molecule has 0 aromatic heterocycles. The first-order valence-electron chi connectivity index (χ1n) is 6.96. The fourth-order valence-electron chi connectivity index (χ4n) is 3.43.